The van der Waals surface area contributed by atoms with Crippen molar-refractivity contribution < 1.29 is 14.7 Å². The standard InChI is InChI=1S/C14H11ClN2O4/c15-10-3-1-2-4-11(10)16-12(18)8-17-6-5-9(14(20)21)7-13(17)19/h1-7H,8H2,(H,16,18)(H,20,21). The minimum absolute atomic E-state index is 0.122. The molecule has 1 aromatic heterocycles. The molecule has 21 heavy (non-hydrogen) atoms. The lowest BCUT2D eigenvalue weighted by Crippen LogP contribution is -2.27. The van der Waals surface area contributed by atoms with Crippen molar-refractivity contribution in [1.82, 2.24) is 4.57 Å². The normalized spacial score (nSPS) is 10.1. The number of aromatic carboxylic acids is 1. The van der Waals surface area contributed by atoms with Crippen LogP contribution in [-0.2, 0) is 11.3 Å². The zero-order chi connectivity index (χ0) is 15.4. The molecule has 0 radical (unpaired) electrons. The molecule has 0 atom stereocenters. The Morgan fingerprint density at radius 2 is 1.95 bits per heavy atom. The van der Waals surface area contributed by atoms with Crippen molar-refractivity contribution in [3.8, 4) is 0 Å². The van der Waals surface area contributed by atoms with Gasteiger partial charge in [0.15, 0.2) is 0 Å². The van der Waals surface area contributed by atoms with E-state index in [1.165, 1.54) is 12.3 Å². The number of pyridine rings is 1. The molecule has 0 fully saturated rings. The van der Waals surface area contributed by atoms with E-state index in [-0.39, 0.29) is 12.1 Å². The van der Waals surface area contributed by atoms with E-state index >= 15 is 0 Å². The second-order valence-corrected chi connectivity index (χ2v) is 4.62. The summed E-state index contributed by atoms with van der Waals surface area (Å²) in [7, 11) is 0. The third-order valence-electron chi connectivity index (χ3n) is 2.70. The van der Waals surface area contributed by atoms with E-state index in [4.69, 9.17) is 16.7 Å². The van der Waals surface area contributed by atoms with E-state index in [1.54, 1.807) is 24.3 Å². The van der Waals surface area contributed by atoms with Gasteiger partial charge >= 0.3 is 5.97 Å². The van der Waals surface area contributed by atoms with Gasteiger partial charge in [-0.2, -0.15) is 0 Å². The predicted octanol–water partition coefficient (Wildman–Crippen LogP) is 1.84. The van der Waals surface area contributed by atoms with Crippen LogP contribution < -0.4 is 10.9 Å². The van der Waals surface area contributed by atoms with Crippen LogP contribution in [0.25, 0.3) is 0 Å². The number of nitrogens with zero attached hydrogens (tertiary/aromatic N) is 1. The second kappa shape index (κ2) is 6.23. The average Bonchev–Trinajstić information content (AvgIpc) is 2.43. The van der Waals surface area contributed by atoms with Gasteiger partial charge in [-0.05, 0) is 18.2 Å². The summed E-state index contributed by atoms with van der Waals surface area (Å²) in [6, 6.07) is 8.93. The molecular formula is C14H11ClN2O4. The fourth-order valence-corrected chi connectivity index (χ4v) is 1.86. The first-order valence-corrected chi connectivity index (χ1v) is 6.33. The Balaban J connectivity index is 2.12. The van der Waals surface area contributed by atoms with Gasteiger partial charge in [0.1, 0.15) is 6.54 Å². The number of carboxylic acids is 1. The SMILES string of the molecule is O=C(Cn1ccc(C(=O)O)cc1=O)Nc1ccccc1Cl. The molecule has 0 aliphatic rings. The molecule has 0 aliphatic carbocycles. The number of aromatic nitrogens is 1. The first-order chi connectivity index (χ1) is 9.97. The highest BCUT2D eigenvalue weighted by atomic mass is 35.5. The van der Waals surface area contributed by atoms with Crippen LogP contribution in [0.3, 0.4) is 0 Å². The van der Waals surface area contributed by atoms with Crippen LogP contribution in [0.4, 0.5) is 5.69 Å². The molecule has 2 aromatic rings. The Bertz CT molecular complexity index is 755. The van der Waals surface area contributed by atoms with Crippen LogP contribution in [0.5, 0.6) is 0 Å². The molecule has 0 aliphatic heterocycles. The summed E-state index contributed by atoms with van der Waals surface area (Å²) in [6.45, 7) is -0.232. The molecule has 1 amide bonds. The molecule has 6 nitrogen and oxygen atoms in total. The van der Waals surface area contributed by atoms with Gasteiger partial charge in [0, 0.05) is 12.3 Å². The first kappa shape index (κ1) is 14.8. The van der Waals surface area contributed by atoms with E-state index in [2.05, 4.69) is 5.32 Å². The van der Waals surface area contributed by atoms with Crippen LogP contribution in [0.15, 0.2) is 47.4 Å². The first-order valence-electron chi connectivity index (χ1n) is 5.95. The van der Waals surface area contributed by atoms with Crippen molar-refractivity contribution in [2.45, 2.75) is 6.54 Å². The summed E-state index contributed by atoms with van der Waals surface area (Å²) in [6.07, 6.45) is 1.26. The highest BCUT2D eigenvalue weighted by molar-refractivity contribution is 6.33. The fraction of sp³-hybridized carbons (Fsp3) is 0.0714. The van der Waals surface area contributed by atoms with Gasteiger partial charge in [-0.25, -0.2) is 4.79 Å². The average molecular weight is 307 g/mol. The minimum atomic E-state index is -1.19. The zero-order valence-electron chi connectivity index (χ0n) is 10.7. The van der Waals surface area contributed by atoms with Crippen LogP contribution in [0.2, 0.25) is 5.02 Å². The topological polar surface area (TPSA) is 88.4 Å². The smallest absolute Gasteiger partial charge is 0.335 e. The zero-order valence-corrected chi connectivity index (χ0v) is 11.5. The Kier molecular flexibility index (Phi) is 4.39. The van der Waals surface area contributed by atoms with Crippen LogP contribution in [0.1, 0.15) is 10.4 Å². The fourth-order valence-electron chi connectivity index (χ4n) is 1.68. The van der Waals surface area contributed by atoms with Gasteiger partial charge in [-0.1, -0.05) is 23.7 Å². The number of anilines is 1. The molecule has 2 rings (SSSR count). The van der Waals surface area contributed by atoms with Crippen molar-refractivity contribution in [2.24, 2.45) is 0 Å². The van der Waals surface area contributed by atoms with Gasteiger partial charge in [-0.3, -0.25) is 9.59 Å². The molecule has 0 saturated carbocycles. The summed E-state index contributed by atoms with van der Waals surface area (Å²) < 4.78 is 1.11. The summed E-state index contributed by atoms with van der Waals surface area (Å²) in [5, 5.41) is 11.7. The van der Waals surface area contributed by atoms with E-state index in [0.29, 0.717) is 10.7 Å². The Morgan fingerprint density at radius 3 is 2.57 bits per heavy atom. The van der Waals surface area contributed by atoms with Crippen LogP contribution >= 0.6 is 11.6 Å². The lowest BCUT2D eigenvalue weighted by molar-refractivity contribution is -0.116. The summed E-state index contributed by atoms with van der Waals surface area (Å²) in [5.74, 6) is -1.63. The van der Waals surface area contributed by atoms with E-state index in [9.17, 15) is 14.4 Å². The molecule has 7 heteroatoms. The maximum absolute atomic E-state index is 11.9. The number of benzene rings is 1. The van der Waals surface area contributed by atoms with E-state index < -0.39 is 17.4 Å². The molecule has 0 unspecified atom stereocenters. The second-order valence-electron chi connectivity index (χ2n) is 4.21. The van der Waals surface area contributed by atoms with E-state index in [0.717, 1.165) is 10.6 Å². The molecular weight excluding hydrogens is 296 g/mol. The van der Waals surface area contributed by atoms with Gasteiger partial charge in [0.2, 0.25) is 5.91 Å². The maximum Gasteiger partial charge on any atom is 0.335 e. The number of nitrogens with one attached hydrogen (secondary N) is 1. The highest BCUT2D eigenvalue weighted by Gasteiger charge is 2.09. The molecule has 108 valence electrons. The number of carbonyl (C=O) groups is 2. The number of hydrogen-bond donors (Lipinski definition) is 2. The molecule has 0 spiro atoms. The third-order valence-corrected chi connectivity index (χ3v) is 3.03. The Morgan fingerprint density at radius 1 is 1.24 bits per heavy atom. The number of para-hydroxylation sites is 1. The molecule has 0 bridgehead atoms. The van der Waals surface area contributed by atoms with Crippen molar-refractivity contribution in [3.05, 3.63) is 63.5 Å². The summed E-state index contributed by atoms with van der Waals surface area (Å²) in [5.41, 5.74) is -0.244. The van der Waals surface area contributed by atoms with Crippen LogP contribution in [-0.4, -0.2) is 21.6 Å². The lowest BCUT2D eigenvalue weighted by Gasteiger charge is -2.08. The van der Waals surface area contributed by atoms with Gasteiger partial charge in [0.25, 0.3) is 5.56 Å². The van der Waals surface area contributed by atoms with Gasteiger partial charge < -0.3 is 15.0 Å². The monoisotopic (exact) mass is 306 g/mol. The van der Waals surface area contributed by atoms with Gasteiger partial charge in [-0.15, -0.1) is 0 Å². The number of rotatable bonds is 4. The number of carboxylic acid groups (broad SMARTS) is 1. The summed E-state index contributed by atoms with van der Waals surface area (Å²) >= 11 is 5.91. The molecule has 1 aromatic carbocycles. The van der Waals surface area contributed by atoms with E-state index in [1.807, 2.05) is 0 Å². The molecule has 2 N–H and O–H groups in total. The molecule has 0 saturated heterocycles. The van der Waals surface area contributed by atoms with Crippen molar-refractivity contribution >= 4 is 29.2 Å². The maximum atomic E-state index is 11.9. The number of amides is 1. The summed E-state index contributed by atoms with van der Waals surface area (Å²) in [4.78, 5) is 34.3. The van der Waals surface area contributed by atoms with Gasteiger partial charge in [0.05, 0.1) is 16.3 Å². The van der Waals surface area contributed by atoms with Crippen molar-refractivity contribution in [1.29, 1.82) is 0 Å². The number of hydrogen-bond acceptors (Lipinski definition) is 3. The van der Waals surface area contributed by atoms with Crippen molar-refractivity contribution in [2.75, 3.05) is 5.32 Å². The minimum Gasteiger partial charge on any atom is -0.478 e. The Labute approximate surface area is 124 Å². The largest absolute Gasteiger partial charge is 0.478 e. The third kappa shape index (κ3) is 3.70. The van der Waals surface area contributed by atoms with Crippen molar-refractivity contribution in [3.63, 3.8) is 0 Å². The lowest BCUT2D eigenvalue weighted by atomic mass is 10.2. The molecule has 1 heterocycles. The number of halogens is 1. The van der Waals surface area contributed by atoms with Crippen LogP contribution in [0, 0.1) is 0 Å². The number of carbonyl (C=O) groups excluding carboxylic acids is 1. The Hall–Kier alpha value is -2.60. The predicted molar refractivity (Wildman–Crippen MR) is 77.7 cm³/mol. The quantitative estimate of drug-likeness (QED) is 0.902. The highest BCUT2D eigenvalue weighted by Crippen LogP contribution is 2.20.